The van der Waals surface area contributed by atoms with E-state index >= 15 is 0 Å². The lowest BCUT2D eigenvalue weighted by Gasteiger charge is -2.28. The zero-order valence-corrected chi connectivity index (χ0v) is 12.8. The number of nitrogens with one attached hydrogen (secondary N) is 1. The largest absolute Gasteiger partial charge is 0.399 e. The lowest BCUT2D eigenvalue weighted by atomic mass is 9.94. The Morgan fingerprint density at radius 1 is 0.909 bits per heavy atom. The molecule has 2 heterocycles. The van der Waals surface area contributed by atoms with Gasteiger partial charge in [0.05, 0.1) is 22.4 Å². The summed E-state index contributed by atoms with van der Waals surface area (Å²) < 4.78 is 0. The Morgan fingerprint density at radius 2 is 1.55 bits per heavy atom. The summed E-state index contributed by atoms with van der Waals surface area (Å²) in [5.41, 5.74) is 11.6. The highest BCUT2D eigenvalue weighted by Gasteiger charge is 2.25. The van der Waals surface area contributed by atoms with Crippen molar-refractivity contribution in [2.45, 2.75) is 5.92 Å². The van der Waals surface area contributed by atoms with E-state index < -0.39 is 0 Å². The van der Waals surface area contributed by atoms with Crippen LogP contribution in [0, 0.1) is 0 Å². The maximum absolute atomic E-state index is 5.78. The van der Waals surface area contributed by atoms with Crippen LogP contribution in [0.2, 0.25) is 0 Å². The number of benzene rings is 2. The molecule has 1 saturated heterocycles. The van der Waals surface area contributed by atoms with Crippen LogP contribution in [0.4, 0.5) is 5.69 Å². The highest BCUT2D eigenvalue weighted by molar-refractivity contribution is 5.85. The van der Waals surface area contributed by atoms with Crippen LogP contribution in [-0.4, -0.2) is 23.1 Å². The molecule has 0 spiro atoms. The molecule has 1 aliphatic rings. The number of fused-ring (bicyclic) bond motifs is 1. The summed E-state index contributed by atoms with van der Waals surface area (Å²) in [6, 6.07) is 15.9. The Hall–Kier alpha value is -2.17. The van der Waals surface area contributed by atoms with Crippen LogP contribution < -0.4 is 11.1 Å². The molecule has 0 radical (unpaired) electrons. The van der Waals surface area contributed by atoms with Gasteiger partial charge < -0.3 is 11.1 Å². The summed E-state index contributed by atoms with van der Waals surface area (Å²) in [6.45, 7) is 1.93. The fraction of sp³-hybridized carbons (Fsp3) is 0.176. The lowest BCUT2D eigenvalue weighted by Crippen LogP contribution is -2.40. The summed E-state index contributed by atoms with van der Waals surface area (Å²) in [5.74, 6) is 0.439. The van der Waals surface area contributed by atoms with E-state index in [2.05, 4.69) is 5.32 Å². The van der Waals surface area contributed by atoms with Gasteiger partial charge in [-0.3, -0.25) is 0 Å². The molecule has 5 heteroatoms. The van der Waals surface area contributed by atoms with Crippen molar-refractivity contribution in [3.05, 3.63) is 54.2 Å². The number of rotatable bonds is 2. The summed E-state index contributed by atoms with van der Waals surface area (Å²) >= 11 is 0. The zero-order chi connectivity index (χ0) is 14.2. The molecule has 0 aliphatic carbocycles. The number of hydrogen-bond donors (Lipinski definition) is 2. The van der Waals surface area contributed by atoms with Gasteiger partial charge in [-0.2, -0.15) is 0 Å². The first-order valence-electron chi connectivity index (χ1n) is 7.14. The molecular weight excluding hydrogens is 296 g/mol. The third-order valence-electron chi connectivity index (χ3n) is 3.95. The Balaban J connectivity index is 0.00000144. The van der Waals surface area contributed by atoms with Crippen molar-refractivity contribution in [2.24, 2.45) is 0 Å². The van der Waals surface area contributed by atoms with E-state index in [0.29, 0.717) is 5.92 Å². The second-order valence-corrected chi connectivity index (χ2v) is 5.42. The van der Waals surface area contributed by atoms with E-state index in [-0.39, 0.29) is 12.4 Å². The average molecular weight is 313 g/mol. The highest BCUT2D eigenvalue weighted by atomic mass is 35.5. The molecule has 0 unspecified atom stereocenters. The first-order valence-corrected chi connectivity index (χ1v) is 7.14. The SMILES string of the molecule is Cl.Nc1ccc(-c2nc3ccccc3nc2C2CNC2)cc1. The van der Waals surface area contributed by atoms with E-state index in [4.69, 9.17) is 15.7 Å². The fourth-order valence-corrected chi connectivity index (χ4v) is 2.63. The molecule has 3 aromatic rings. The monoisotopic (exact) mass is 312 g/mol. The van der Waals surface area contributed by atoms with Gasteiger partial charge in [0, 0.05) is 30.3 Å². The first kappa shape index (κ1) is 14.8. The van der Waals surface area contributed by atoms with Gasteiger partial charge in [0.1, 0.15) is 0 Å². The normalized spacial score (nSPS) is 14.4. The van der Waals surface area contributed by atoms with Crippen molar-refractivity contribution in [1.82, 2.24) is 15.3 Å². The number of hydrogen-bond acceptors (Lipinski definition) is 4. The second kappa shape index (κ2) is 5.91. The maximum Gasteiger partial charge on any atom is 0.0929 e. The van der Waals surface area contributed by atoms with Crippen molar-refractivity contribution in [2.75, 3.05) is 18.8 Å². The smallest absolute Gasteiger partial charge is 0.0929 e. The maximum atomic E-state index is 5.78. The molecular formula is C17H17ClN4. The molecule has 1 aliphatic heterocycles. The number of anilines is 1. The average Bonchev–Trinajstić information content (AvgIpc) is 2.46. The van der Waals surface area contributed by atoms with E-state index in [1.54, 1.807) is 0 Å². The minimum absolute atomic E-state index is 0. The molecule has 4 rings (SSSR count). The molecule has 1 fully saturated rings. The topological polar surface area (TPSA) is 63.8 Å². The molecule has 2 aromatic carbocycles. The predicted molar refractivity (Wildman–Crippen MR) is 92.2 cm³/mol. The molecule has 112 valence electrons. The molecule has 0 bridgehead atoms. The van der Waals surface area contributed by atoms with Gasteiger partial charge in [-0.05, 0) is 24.3 Å². The van der Waals surface area contributed by atoms with Gasteiger partial charge in [-0.15, -0.1) is 12.4 Å². The van der Waals surface area contributed by atoms with E-state index in [0.717, 1.165) is 46.8 Å². The van der Waals surface area contributed by atoms with Gasteiger partial charge >= 0.3 is 0 Å². The van der Waals surface area contributed by atoms with Crippen LogP contribution in [0.15, 0.2) is 48.5 Å². The quantitative estimate of drug-likeness (QED) is 0.714. The van der Waals surface area contributed by atoms with Crippen LogP contribution in [0.1, 0.15) is 11.6 Å². The standard InChI is InChI=1S/C17H16N4.ClH/c18-13-7-5-11(6-8-13)16-17(12-9-19-10-12)21-15-4-2-1-3-14(15)20-16;/h1-8,12,19H,9-10,18H2;1H. The van der Waals surface area contributed by atoms with E-state index in [1.807, 2.05) is 48.5 Å². The number of nitrogen functional groups attached to an aromatic ring is 1. The van der Waals surface area contributed by atoms with Gasteiger partial charge in [-0.25, -0.2) is 9.97 Å². The van der Waals surface area contributed by atoms with Crippen LogP contribution >= 0.6 is 12.4 Å². The summed E-state index contributed by atoms with van der Waals surface area (Å²) in [6.07, 6.45) is 0. The third kappa shape index (κ3) is 2.51. The van der Waals surface area contributed by atoms with Crippen molar-refractivity contribution in [1.29, 1.82) is 0 Å². The van der Waals surface area contributed by atoms with Crippen LogP contribution in [-0.2, 0) is 0 Å². The van der Waals surface area contributed by atoms with Crippen LogP contribution in [0.5, 0.6) is 0 Å². The first-order chi connectivity index (χ1) is 10.3. The number of para-hydroxylation sites is 2. The van der Waals surface area contributed by atoms with E-state index in [9.17, 15) is 0 Å². The number of nitrogens with two attached hydrogens (primary N) is 1. The zero-order valence-electron chi connectivity index (χ0n) is 12.0. The minimum atomic E-state index is 0. The van der Waals surface area contributed by atoms with Crippen molar-refractivity contribution in [3.63, 3.8) is 0 Å². The minimum Gasteiger partial charge on any atom is -0.399 e. The van der Waals surface area contributed by atoms with Gasteiger partial charge in [0.2, 0.25) is 0 Å². The summed E-state index contributed by atoms with van der Waals surface area (Å²) in [4.78, 5) is 9.71. The molecule has 0 atom stereocenters. The molecule has 0 amide bonds. The Kier molecular flexibility index (Phi) is 3.96. The third-order valence-corrected chi connectivity index (χ3v) is 3.95. The summed E-state index contributed by atoms with van der Waals surface area (Å²) in [5, 5.41) is 3.31. The number of aromatic nitrogens is 2. The molecule has 3 N–H and O–H groups in total. The van der Waals surface area contributed by atoms with Crippen LogP contribution in [0.3, 0.4) is 0 Å². The Labute approximate surface area is 135 Å². The predicted octanol–water partition coefficient (Wildman–Crippen LogP) is 2.99. The van der Waals surface area contributed by atoms with Crippen LogP contribution in [0.25, 0.3) is 22.3 Å². The van der Waals surface area contributed by atoms with Crippen molar-refractivity contribution < 1.29 is 0 Å². The van der Waals surface area contributed by atoms with Gasteiger partial charge in [0.15, 0.2) is 0 Å². The fourth-order valence-electron chi connectivity index (χ4n) is 2.63. The molecule has 4 nitrogen and oxygen atoms in total. The molecule has 22 heavy (non-hydrogen) atoms. The van der Waals surface area contributed by atoms with Crippen molar-refractivity contribution >= 4 is 29.1 Å². The number of nitrogens with zero attached hydrogens (tertiary/aromatic N) is 2. The highest BCUT2D eigenvalue weighted by Crippen LogP contribution is 2.30. The summed E-state index contributed by atoms with van der Waals surface area (Å²) in [7, 11) is 0. The number of halogens is 1. The lowest BCUT2D eigenvalue weighted by molar-refractivity contribution is 0.441. The Bertz CT molecular complexity index is 797. The van der Waals surface area contributed by atoms with Gasteiger partial charge in [0.25, 0.3) is 0 Å². The Morgan fingerprint density at radius 3 is 2.14 bits per heavy atom. The van der Waals surface area contributed by atoms with E-state index in [1.165, 1.54) is 0 Å². The van der Waals surface area contributed by atoms with Gasteiger partial charge in [-0.1, -0.05) is 24.3 Å². The molecule has 1 aromatic heterocycles. The molecule has 0 saturated carbocycles. The van der Waals surface area contributed by atoms with Crippen molar-refractivity contribution in [3.8, 4) is 11.3 Å². The second-order valence-electron chi connectivity index (χ2n) is 5.42.